The van der Waals surface area contributed by atoms with Crippen LogP contribution in [0.3, 0.4) is 0 Å². The van der Waals surface area contributed by atoms with E-state index >= 15 is 0 Å². The molecule has 1 amide bonds. The Morgan fingerprint density at radius 3 is 2.18 bits per heavy atom. The van der Waals surface area contributed by atoms with Gasteiger partial charge in [0.15, 0.2) is 11.5 Å². The zero-order chi connectivity index (χ0) is 31.7. The van der Waals surface area contributed by atoms with Crippen molar-refractivity contribution in [3.8, 4) is 11.5 Å². The van der Waals surface area contributed by atoms with Gasteiger partial charge in [0.1, 0.15) is 6.61 Å². The highest BCUT2D eigenvalue weighted by Crippen LogP contribution is 2.30. The van der Waals surface area contributed by atoms with E-state index in [0.717, 1.165) is 11.1 Å². The molecule has 0 aromatic heterocycles. The number of carbonyl (C=O) groups is 1. The second-order valence-corrected chi connectivity index (χ2v) is 12.4. The van der Waals surface area contributed by atoms with Gasteiger partial charge in [-0.1, -0.05) is 65.7 Å². The van der Waals surface area contributed by atoms with Gasteiger partial charge < -0.3 is 9.47 Å². The van der Waals surface area contributed by atoms with Crippen LogP contribution < -0.4 is 19.6 Å². The van der Waals surface area contributed by atoms with E-state index in [1.165, 1.54) is 22.9 Å². The molecule has 0 unspecified atom stereocenters. The summed E-state index contributed by atoms with van der Waals surface area (Å²) in [6.45, 7) is 10.9. The van der Waals surface area contributed by atoms with E-state index in [1.807, 2.05) is 32.0 Å². The number of carbonyl (C=O) groups excluding carboxylic acids is 1. The molecule has 0 saturated heterocycles. The first kappa shape index (κ1) is 32.4. The van der Waals surface area contributed by atoms with Crippen LogP contribution in [0.25, 0.3) is 0 Å². The first-order chi connectivity index (χ1) is 21.1. The third kappa shape index (κ3) is 8.78. The molecule has 9 heteroatoms. The minimum Gasteiger partial charge on any atom is -0.490 e. The number of benzene rings is 4. The maximum atomic E-state index is 13.1. The molecule has 0 heterocycles. The van der Waals surface area contributed by atoms with Crippen molar-refractivity contribution in [2.45, 2.75) is 58.6 Å². The molecular weight excluding hydrogens is 574 g/mol. The van der Waals surface area contributed by atoms with Gasteiger partial charge in [-0.2, -0.15) is 5.10 Å². The van der Waals surface area contributed by atoms with Crippen molar-refractivity contribution >= 4 is 22.1 Å². The molecule has 44 heavy (non-hydrogen) atoms. The van der Waals surface area contributed by atoms with Crippen LogP contribution in [0, 0.1) is 27.7 Å². The van der Waals surface area contributed by atoms with Crippen LogP contribution in [-0.4, -0.2) is 27.1 Å². The Morgan fingerprint density at radius 1 is 0.841 bits per heavy atom. The van der Waals surface area contributed by atoms with Crippen LogP contribution in [0.4, 0.5) is 0 Å². The normalized spacial score (nSPS) is 12.2. The molecule has 0 saturated carbocycles. The zero-order valence-electron chi connectivity index (χ0n) is 25.8. The van der Waals surface area contributed by atoms with Crippen LogP contribution in [0.2, 0.25) is 0 Å². The van der Waals surface area contributed by atoms with E-state index in [1.54, 1.807) is 54.6 Å². The molecule has 0 radical (unpaired) electrons. The van der Waals surface area contributed by atoms with Crippen LogP contribution in [-0.2, 0) is 21.4 Å². The SMILES string of the molecule is CCOc1cc(/C=N\NC(=O)C[C@@H](NS(=O)(=O)c2ccc(C)cc2)c2ccccc2)ccc1OCc1c(C)cc(C)cc1C. The molecule has 0 aliphatic carbocycles. The highest BCUT2D eigenvalue weighted by Gasteiger charge is 2.23. The number of aryl methyl sites for hydroxylation is 4. The van der Waals surface area contributed by atoms with Crippen molar-refractivity contribution in [2.24, 2.45) is 5.10 Å². The van der Waals surface area contributed by atoms with Gasteiger partial charge in [-0.3, -0.25) is 4.79 Å². The Labute approximate surface area is 260 Å². The Bertz CT molecular complexity index is 1700. The lowest BCUT2D eigenvalue weighted by Gasteiger charge is -2.18. The van der Waals surface area contributed by atoms with E-state index in [-0.39, 0.29) is 11.3 Å². The lowest BCUT2D eigenvalue weighted by atomic mass is 10.0. The summed E-state index contributed by atoms with van der Waals surface area (Å²) in [7, 11) is -3.87. The third-order valence-electron chi connectivity index (χ3n) is 7.10. The molecule has 230 valence electrons. The summed E-state index contributed by atoms with van der Waals surface area (Å²) >= 11 is 0. The summed E-state index contributed by atoms with van der Waals surface area (Å²) in [6.07, 6.45) is 1.35. The Balaban J connectivity index is 1.43. The molecule has 2 N–H and O–H groups in total. The molecule has 1 atom stereocenters. The highest BCUT2D eigenvalue weighted by molar-refractivity contribution is 7.89. The quantitative estimate of drug-likeness (QED) is 0.133. The number of rotatable bonds is 13. The molecule has 0 bridgehead atoms. The number of hydrazone groups is 1. The van der Waals surface area contributed by atoms with Crippen LogP contribution in [0.15, 0.2) is 94.9 Å². The summed E-state index contributed by atoms with van der Waals surface area (Å²) in [4.78, 5) is 13.0. The predicted octanol–water partition coefficient (Wildman–Crippen LogP) is 6.46. The number of ether oxygens (including phenoxy) is 2. The number of hydrogen-bond donors (Lipinski definition) is 2. The molecule has 4 aromatic rings. The second kappa shape index (κ2) is 14.8. The van der Waals surface area contributed by atoms with Gasteiger partial charge >= 0.3 is 0 Å². The topological polar surface area (TPSA) is 106 Å². The molecule has 8 nitrogen and oxygen atoms in total. The minimum absolute atomic E-state index is 0.129. The number of sulfonamides is 1. The monoisotopic (exact) mass is 613 g/mol. The fourth-order valence-corrected chi connectivity index (χ4v) is 6.10. The first-order valence-electron chi connectivity index (χ1n) is 14.5. The minimum atomic E-state index is -3.87. The molecule has 0 fully saturated rings. The van der Waals surface area contributed by atoms with Gasteiger partial charge in [-0.25, -0.2) is 18.6 Å². The summed E-state index contributed by atoms with van der Waals surface area (Å²) < 4.78 is 40.8. The predicted molar refractivity (Wildman–Crippen MR) is 174 cm³/mol. The largest absolute Gasteiger partial charge is 0.490 e. The van der Waals surface area contributed by atoms with Gasteiger partial charge in [0, 0.05) is 6.42 Å². The third-order valence-corrected chi connectivity index (χ3v) is 8.59. The smallest absolute Gasteiger partial charge is 0.242 e. The van der Waals surface area contributed by atoms with Crippen LogP contribution >= 0.6 is 0 Å². The number of nitrogens with one attached hydrogen (secondary N) is 2. The summed E-state index contributed by atoms with van der Waals surface area (Å²) in [5, 5.41) is 4.11. The van der Waals surface area contributed by atoms with E-state index in [0.29, 0.717) is 35.8 Å². The fraction of sp³-hybridized carbons (Fsp3) is 0.257. The van der Waals surface area contributed by atoms with Gasteiger partial charge in [-0.15, -0.1) is 0 Å². The molecular formula is C35H39N3O5S. The Morgan fingerprint density at radius 2 is 1.52 bits per heavy atom. The van der Waals surface area contributed by atoms with E-state index in [9.17, 15) is 13.2 Å². The number of nitrogens with zero attached hydrogens (tertiary/aromatic N) is 1. The average molecular weight is 614 g/mol. The van der Waals surface area contributed by atoms with Gasteiger partial charge in [-0.05, 0) is 92.8 Å². The first-order valence-corrected chi connectivity index (χ1v) is 16.0. The summed E-state index contributed by atoms with van der Waals surface area (Å²) in [6, 6.07) is 24.5. The zero-order valence-corrected chi connectivity index (χ0v) is 26.6. The standard InChI is InChI=1S/C35H39N3O5S/c1-6-42-34-20-28(14-17-33(34)43-23-31-26(4)18-25(3)19-27(31)5)22-36-37-35(39)21-32(29-10-8-7-9-11-29)38-44(40,41)30-15-12-24(2)13-16-30/h7-20,22,32,38H,6,21,23H2,1-5H3,(H,37,39)/b36-22-/t32-/m1/s1. The molecule has 4 aromatic carbocycles. The Kier molecular flexibility index (Phi) is 10.9. The average Bonchev–Trinajstić information content (AvgIpc) is 2.98. The highest BCUT2D eigenvalue weighted by atomic mass is 32.2. The van der Waals surface area contributed by atoms with Crippen molar-refractivity contribution in [1.82, 2.24) is 10.1 Å². The molecule has 0 aliphatic rings. The van der Waals surface area contributed by atoms with Crippen molar-refractivity contribution in [2.75, 3.05) is 6.61 Å². The van der Waals surface area contributed by atoms with Crippen molar-refractivity contribution in [1.29, 1.82) is 0 Å². The lowest BCUT2D eigenvalue weighted by Crippen LogP contribution is -2.32. The molecule has 0 spiro atoms. The fourth-order valence-electron chi connectivity index (χ4n) is 4.88. The van der Waals surface area contributed by atoms with Gasteiger partial charge in [0.2, 0.25) is 15.9 Å². The van der Waals surface area contributed by atoms with Crippen molar-refractivity contribution < 1.29 is 22.7 Å². The van der Waals surface area contributed by atoms with E-state index in [2.05, 4.69) is 48.2 Å². The summed E-state index contributed by atoms with van der Waals surface area (Å²) in [5.41, 5.74) is 9.54. The van der Waals surface area contributed by atoms with Crippen LogP contribution in [0.5, 0.6) is 11.5 Å². The lowest BCUT2D eigenvalue weighted by molar-refractivity contribution is -0.121. The van der Waals surface area contributed by atoms with E-state index < -0.39 is 22.0 Å². The Hall–Kier alpha value is -4.47. The van der Waals surface area contributed by atoms with Gasteiger partial charge in [0.05, 0.1) is 23.8 Å². The number of hydrogen-bond acceptors (Lipinski definition) is 6. The summed E-state index contributed by atoms with van der Waals surface area (Å²) in [5.74, 6) is 0.731. The number of amides is 1. The second-order valence-electron chi connectivity index (χ2n) is 10.7. The molecule has 0 aliphatic heterocycles. The van der Waals surface area contributed by atoms with Crippen LogP contribution in [0.1, 0.15) is 58.3 Å². The van der Waals surface area contributed by atoms with E-state index in [4.69, 9.17) is 9.47 Å². The van der Waals surface area contributed by atoms with Crippen molar-refractivity contribution in [3.63, 3.8) is 0 Å². The maximum absolute atomic E-state index is 13.1. The maximum Gasteiger partial charge on any atom is 0.242 e. The van der Waals surface area contributed by atoms with Crippen molar-refractivity contribution in [3.05, 3.63) is 124 Å². The van der Waals surface area contributed by atoms with Gasteiger partial charge in [0.25, 0.3) is 0 Å². The molecule has 4 rings (SSSR count).